The van der Waals surface area contributed by atoms with Crippen molar-refractivity contribution >= 4 is 17.3 Å². The third kappa shape index (κ3) is 2.64. The molecule has 0 radical (unpaired) electrons. The molecule has 5 nitrogen and oxygen atoms in total. The van der Waals surface area contributed by atoms with Crippen molar-refractivity contribution in [2.45, 2.75) is 13.5 Å². The van der Waals surface area contributed by atoms with Gasteiger partial charge in [-0.05, 0) is 24.6 Å². The van der Waals surface area contributed by atoms with Gasteiger partial charge in [-0.2, -0.15) is 10.2 Å². The van der Waals surface area contributed by atoms with Gasteiger partial charge in [0.1, 0.15) is 5.15 Å². The molecule has 0 bridgehead atoms. The lowest BCUT2D eigenvalue weighted by Gasteiger charge is -2.01. The second-order valence-corrected chi connectivity index (χ2v) is 5.38. The van der Waals surface area contributed by atoms with Gasteiger partial charge in [-0.3, -0.25) is 9.36 Å². The van der Waals surface area contributed by atoms with E-state index in [1.165, 1.54) is 0 Å². The molecule has 2 aromatic heterocycles. The Morgan fingerprint density at radius 1 is 1.19 bits per heavy atom. The Hall–Kier alpha value is -2.27. The third-order valence-electron chi connectivity index (χ3n) is 3.47. The van der Waals surface area contributed by atoms with Crippen molar-refractivity contribution in [3.05, 3.63) is 53.1 Å². The van der Waals surface area contributed by atoms with Gasteiger partial charge in [0.05, 0.1) is 18.4 Å². The van der Waals surface area contributed by atoms with Crippen molar-refractivity contribution < 1.29 is 0 Å². The van der Waals surface area contributed by atoms with Gasteiger partial charge in [0.25, 0.3) is 0 Å². The molecular formula is C15H16ClN5. The first-order valence-electron chi connectivity index (χ1n) is 6.61. The molecule has 2 heterocycles. The topological polar surface area (TPSA) is 61.7 Å². The van der Waals surface area contributed by atoms with Crippen molar-refractivity contribution in [2.75, 3.05) is 5.73 Å². The molecule has 0 aliphatic rings. The van der Waals surface area contributed by atoms with Crippen LogP contribution in [0, 0.1) is 6.92 Å². The summed E-state index contributed by atoms with van der Waals surface area (Å²) in [5.74, 6) is 0. The fraction of sp³-hybridized carbons (Fsp3) is 0.200. The second kappa shape index (κ2) is 5.26. The van der Waals surface area contributed by atoms with Gasteiger partial charge in [0, 0.05) is 30.1 Å². The molecular weight excluding hydrogens is 286 g/mol. The Bertz CT molecular complexity index is 770. The molecule has 3 aromatic rings. The van der Waals surface area contributed by atoms with Gasteiger partial charge in [0.15, 0.2) is 0 Å². The minimum absolute atomic E-state index is 0.605. The summed E-state index contributed by atoms with van der Waals surface area (Å²) in [6.45, 7) is 2.55. The van der Waals surface area contributed by atoms with Gasteiger partial charge >= 0.3 is 0 Å². The van der Waals surface area contributed by atoms with E-state index in [4.69, 9.17) is 17.3 Å². The summed E-state index contributed by atoms with van der Waals surface area (Å²) in [7, 11) is 1.84. The number of rotatable bonds is 3. The smallest absolute Gasteiger partial charge is 0.132 e. The van der Waals surface area contributed by atoms with E-state index < -0.39 is 0 Å². The Kier molecular flexibility index (Phi) is 3.43. The van der Waals surface area contributed by atoms with Crippen molar-refractivity contribution in [2.24, 2.45) is 7.05 Å². The van der Waals surface area contributed by atoms with Crippen LogP contribution >= 0.6 is 11.6 Å². The number of hydrogen-bond donors (Lipinski definition) is 1. The summed E-state index contributed by atoms with van der Waals surface area (Å²) in [6.07, 6.45) is 3.83. The van der Waals surface area contributed by atoms with Crippen LogP contribution in [0.4, 0.5) is 5.69 Å². The number of nitrogens with two attached hydrogens (primary N) is 1. The largest absolute Gasteiger partial charge is 0.399 e. The molecule has 0 aliphatic heterocycles. The van der Waals surface area contributed by atoms with Gasteiger partial charge in [-0.25, -0.2) is 0 Å². The SMILES string of the molecule is Cc1nn(C)c(Cl)c1Cn1cc(-c2ccc(N)cc2)cn1. The van der Waals surface area contributed by atoms with Crippen LogP contribution in [0.1, 0.15) is 11.3 Å². The quantitative estimate of drug-likeness (QED) is 0.757. The molecule has 6 heteroatoms. The van der Waals surface area contributed by atoms with Crippen LogP contribution in [-0.4, -0.2) is 19.6 Å². The van der Waals surface area contributed by atoms with Gasteiger partial charge in [-0.1, -0.05) is 23.7 Å². The molecule has 21 heavy (non-hydrogen) atoms. The number of nitrogen functional groups attached to an aromatic ring is 1. The van der Waals surface area contributed by atoms with Crippen molar-refractivity contribution in [1.82, 2.24) is 19.6 Å². The van der Waals surface area contributed by atoms with E-state index >= 15 is 0 Å². The first kappa shape index (κ1) is 13.7. The summed E-state index contributed by atoms with van der Waals surface area (Å²) >= 11 is 6.25. The van der Waals surface area contributed by atoms with Gasteiger partial charge < -0.3 is 5.73 Å². The van der Waals surface area contributed by atoms with Gasteiger partial charge in [-0.15, -0.1) is 0 Å². The van der Waals surface area contributed by atoms with E-state index in [2.05, 4.69) is 10.2 Å². The maximum absolute atomic E-state index is 6.25. The van der Waals surface area contributed by atoms with E-state index in [0.717, 1.165) is 28.1 Å². The van der Waals surface area contributed by atoms with Crippen molar-refractivity contribution in [3.63, 3.8) is 0 Å². The summed E-state index contributed by atoms with van der Waals surface area (Å²) in [6, 6.07) is 7.74. The van der Waals surface area contributed by atoms with Gasteiger partial charge in [0.2, 0.25) is 0 Å². The highest BCUT2D eigenvalue weighted by Gasteiger charge is 2.12. The summed E-state index contributed by atoms with van der Waals surface area (Å²) < 4.78 is 3.54. The number of benzene rings is 1. The number of halogens is 1. The Morgan fingerprint density at radius 3 is 2.52 bits per heavy atom. The van der Waals surface area contributed by atoms with Crippen molar-refractivity contribution in [1.29, 1.82) is 0 Å². The van der Waals surface area contributed by atoms with Crippen LogP contribution < -0.4 is 5.73 Å². The first-order chi connectivity index (χ1) is 10.0. The Morgan fingerprint density at radius 2 is 1.90 bits per heavy atom. The normalized spacial score (nSPS) is 11.0. The maximum Gasteiger partial charge on any atom is 0.132 e. The van der Waals surface area contributed by atoms with Crippen LogP contribution in [0.3, 0.4) is 0 Å². The van der Waals surface area contributed by atoms with E-state index in [1.807, 2.05) is 55.3 Å². The highest BCUT2D eigenvalue weighted by atomic mass is 35.5. The molecule has 3 rings (SSSR count). The van der Waals surface area contributed by atoms with Crippen LogP contribution in [0.5, 0.6) is 0 Å². The third-order valence-corrected chi connectivity index (χ3v) is 3.94. The number of hydrogen-bond acceptors (Lipinski definition) is 3. The Balaban J connectivity index is 1.87. The molecule has 0 fully saturated rings. The molecule has 0 unspecified atom stereocenters. The monoisotopic (exact) mass is 301 g/mol. The molecule has 0 atom stereocenters. The lowest BCUT2D eigenvalue weighted by molar-refractivity contribution is 0.684. The van der Waals surface area contributed by atoms with Crippen LogP contribution in [-0.2, 0) is 13.6 Å². The predicted octanol–water partition coefficient (Wildman–Crippen LogP) is 2.88. The lowest BCUT2D eigenvalue weighted by atomic mass is 10.1. The fourth-order valence-electron chi connectivity index (χ4n) is 2.29. The molecule has 0 saturated heterocycles. The van der Waals surface area contributed by atoms with Crippen LogP contribution in [0.2, 0.25) is 5.15 Å². The first-order valence-corrected chi connectivity index (χ1v) is 6.98. The molecule has 108 valence electrons. The summed E-state index contributed by atoms with van der Waals surface area (Å²) in [4.78, 5) is 0. The minimum atomic E-state index is 0.605. The average molecular weight is 302 g/mol. The molecule has 0 saturated carbocycles. The second-order valence-electron chi connectivity index (χ2n) is 5.03. The number of nitrogens with zero attached hydrogens (tertiary/aromatic N) is 4. The van der Waals surface area contributed by atoms with E-state index in [0.29, 0.717) is 11.7 Å². The van der Waals surface area contributed by atoms with Crippen LogP contribution in [0.15, 0.2) is 36.7 Å². The summed E-state index contributed by atoms with van der Waals surface area (Å²) in [5, 5.41) is 9.35. The number of anilines is 1. The minimum Gasteiger partial charge on any atom is -0.399 e. The maximum atomic E-state index is 6.25. The number of aromatic nitrogens is 4. The zero-order valence-electron chi connectivity index (χ0n) is 11.9. The molecule has 0 aliphatic carbocycles. The fourth-order valence-corrected chi connectivity index (χ4v) is 2.52. The average Bonchev–Trinajstić information content (AvgIpc) is 3.01. The highest BCUT2D eigenvalue weighted by molar-refractivity contribution is 6.30. The zero-order valence-corrected chi connectivity index (χ0v) is 12.7. The summed E-state index contributed by atoms with van der Waals surface area (Å²) in [5.41, 5.74) is 10.5. The molecule has 0 spiro atoms. The predicted molar refractivity (Wildman–Crippen MR) is 84.1 cm³/mol. The standard InChI is InChI=1S/C15H16ClN5/c1-10-14(15(16)20(2)19-10)9-21-8-12(7-18-21)11-3-5-13(17)6-4-11/h3-8H,9,17H2,1-2H3. The highest BCUT2D eigenvalue weighted by Crippen LogP contribution is 2.22. The number of aryl methyl sites for hydroxylation is 2. The van der Waals surface area contributed by atoms with E-state index in [-0.39, 0.29) is 0 Å². The molecule has 1 aromatic carbocycles. The van der Waals surface area contributed by atoms with Crippen molar-refractivity contribution in [3.8, 4) is 11.1 Å². The molecule has 2 N–H and O–H groups in total. The Labute approximate surface area is 127 Å². The van der Waals surface area contributed by atoms with Crippen LogP contribution in [0.25, 0.3) is 11.1 Å². The van der Waals surface area contributed by atoms with E-state index in [1.54, 1.807) is 4.68 Å². The lowest BCUT2D eigenvalue weighted by Crippen LogP contribution is -2.01. The zero-order chi connectivity index (χ0) is 15.0. The molecule has 0 amide bonds. The van der Waals surface area contributed by atoms with E-state index in [9.17, 15) is 0 Å².